The molecule has 1 unspecified atom stereocenters. The summed E-state index contributed by atoms with van der Waals surface area (Å²) >= 11 is 0. The van der Waals surface area contributed by atoms with E-state index in [4.69, 9.17) is 10.5 Å². The van der Waals surface area contributed by atoms with E-state index in [1.807, 2.05) is 18.2 Å². The summed E-state index contributed by atoms with van der Waals surface area (Å²) in [5, 5.41) is 0. The summed E-state index contributed by atoms with van der Waals surface area (Å²) in [5.41, 5.74) is 7.76. The second-order valence-corrected chi connectivity index (χ2v) is 4.95. The SMILES string of the molecule is CC(C)CN1CC(C)Oc2ccc(N)cc21. The number of nitrogens with zero attached hydrogens (tertiary/aromatic N) is 1. The summed E-state index contributed by atoms with van der Waals surface area (Å²) in [6, 6.07) is 5.86. The Morgan fingerprint density at radius 3 is 2.94 bits per heavy atom. The summed E-state index contributed by atoms with van der Waals surface area (Å²) in [6.07, 6.45) is 0.245. The maximum absolute atomic E-state index is 5.83. The fourth-order valence-corrected chi connectivity index (χ4v) is 2.16. The van der Waals surface area contributed by atoms with E-state index >= 15 is 0 Å². The minimum atomic E-state index is 0.245. The molecule has 0 fully saturated rings. The Labute approximate surface area is 97.2 Å². The van der Waals surface area contributed by atoms with E-state index < -0.39 is 0 Å². The van der Waals surface area contributed by atoms with Gasteiger partial charge < -0.3 is 15.4 Å². The molecule has 1 heterocycles. The molecule has 0 bridgehead atoms. The van der Waals surface area contributed by atoms with Gasteiger partial charge in [0.2, 0.25) is 0 Å². The van der Waals surface area contributed by atoms with Crippen molar-refractivity contribution in [1.82, 2.24) is 0 Å². The zero-order valence-corrected chi connectivity index (χ0v) is 10.2. The first-order valence-corrected chi connectivity index (χ1v) is 5.87. The van der Waals surface area contributed by atoms with E-state index in [0.29, 0.717) is 5.92 Å². The van der Waals surface area contributed by atoms with Crippen molar-refractivity contribution in [2.75, 3.05) is 23.7 Å². The highest BCUT2D eigenvalue weighted by molar-refractivity contribution is 5.66. The molecule has 0 amide bonds. The van der Waals surface area contributed by atoms with Crippen molar-refractivity contribution in [2.24, 2.45) is 5.92 Å². The molecular weight excluding hydrogens is 200 g/mol. The molecule has 0 radical (unpaired) electrons. The zero-order chi connectivity index (χ0) is 11.7. The summed E-state index contributed by atoms with van der Waals surface area (Å²) in [7, 11) is 0. The maximum atomic E-state index is 5.83. The van der Waals surface area contributed by atoms with E-state index in [-0.39, 0.29) is 6.10 Å². The average molecular weight is 220 g/mol. The van der Waals surface area contributed by atoms with Crippen molar-refractivity contribution < 1.29 is 4.74 Å². The molecule has 1 aliphatic rings. The first-order chi connectivity index (χ1) is 7.56. The summed E-state index contributed by atoms with van der Waals surface area (Å²) in [6.45, 7) is 8.55. The van der Waals surface area contributed by atoms with E-state index in [0.717, 1.165) is 30.2 Å². The van der Waals surface area contributed by atoms with E-state index in [9.17, 15) is 0 Å². The molecule has 0 spiro atoms. The van der Waals surface area contributed by atoms with Crippen molar-refractivity contribution in [2.45, 2.75) is 26.9 Å². The molecular formula is C13H20N2O. The van der Waals surface area contributed by atoms with Crippen LogP contribution in [0, 0.1) is 5.92 Å². The van der Waals surface area contributed by atoms with Crippen LogP contribution in [0.2, 0.25) is 0 Å². The van der Waals surface area contributed by atoms with Crippen LogP contribution in [0.15, 0.2) is 18.2 Å². The second kappa shape index (κ2) is 4.24. The fraction of sp³-hybridized carbons (Fsp3) is 0.538. The molecule has 1 aliphatic heterocycles. The third-order valence-corrected chi connectivity index (χ3v) is 2.71. The van der Waals surface area contributed by atoms with Gasteiger partial charge in [0.25, 0.3) is 0 Å². The van der Waals surface area contributed by atoms with Gasteiger partial charge in [0, 0.05) is 12.2 Å². The number of benzene rings is 1. The Hall–Kier alpha value is -1.38. The molecule has 0 aromatic heterocycles. The summed E-state index contributed by atoms with van der Waals surface area (Å²) in [4.78, 5) is 2.37. The molecule has 16 heavy (non-hydrogen) atoms. The van der Waals surface area contributed by atoms with Gasteiger partial charge in [0.1, 0.15) is 11.9 Å². The van der Waals surface area contributed by atoms with Crippen LogP contribution < -0.4 is 15.4 Å². The summed E-state index contributed by atoms with van der Waals surface area (Å²) < 4.78 is 5.80. The van der Waals surface area contributed by atoms with Crippen molar-refractivity contribution >= 4 is 11.4 Å². The van der Waals surface area contributed by atoms with E-state index in [2.05, 4.69) is 25.7 Å². The van der Waals surface area contributed by atoms with Crippen LogP contribution in [0.4, 0.5) is 11.4 Å². The van der Waals surface area contributed by atoms with Crippen LogP contribution in [-0.2, 0) is 0 Å². The molecule has 0 saturated heterocycles. The second-order valence-electron chi connectivity index (χ2n) is 4.95. The number of rotatable bonds is 2. The van der Waals surface area contributed by atoms with Gasteiger partial charge >= 0.3 is 0 Å². The van der Waals surface area contributed by atoms with E-state index in [1.54, 1.807) is 0 Å². The van der Waals surface area contributed by atoms with Crippen LogP contribution in [0.5, 0.6) is 5.75 Å². The van der Waals surface area contributed by atoms with Gasteiger partial charge in [0.05, 0.1) is 12.2 Å². The highest BCUT2D eigenvalue weighted by atomic mass is 16.5. The number of hydrogen-bond donors (Lipinski definition) is 1. The summed E-state index contributed by atoms with van der Waals surface area (Å²) in [5.74, 6) is 1.59. The number of nitrogen functional groups attached to an aromatic ring is 1. The normalized spacial score (nSPS) is 19.5. The Morgan fingerprint density at radius 1 is 1.50 bits per heavy atom. The quantitative estimate of drug-likeness (QED) is 0.778. The predicted octanol–water partition coefficient (Wildman–Crippen LogP) is 2.51. The van der Waals surface area contributed by atoms with Gasteiger partial charge in [-0.05, 0) is 31.0 Å². The van der Waals surface area contributed by atoms with E-state index in [1.165, 1.54) is 0 Å². The largest absolute Gasteiger partial charge is 0.487 e. The first-order valence-electron chi connectivity index (χ1n) is 5.87. The monoisotopic (exact) mass is 220 g/mol. The maximum Gasteiger partial charge on any atom is 0.143 e. The number of fused-ring (bicyclic) bond motifs is 1. The number of ether oxygens (including phenoxy) is 1. The molecule has 0 aliphatic carbocycles. The standard InChI is InChI=1S/C13H20N2O/c1-9(2)7-15-8-10(3)16-13-5-4-11(14)6-12(13)15/h4-6,9-10H,7-8,14H2,1-3H3. The van der Waals surface area contributed by atoms with Crippen LogP contribution in [0.25, 0.3) is 0 Å². The van der Waals surface area contributed by atoms with Crippen molar-refractivity contribution in [3.63, 3.8) is 0 Å². The van der Waals surface area contributed by atoms with Gasteiger partial charge in [-0.2, -0.15) is 0 Å². The molecule has 1 aromatic rings. The lowest BCUT2D eigenvalue weighted by molar-refractivity contribution is 0.211. The lowest BCUT2D eigenvalue weighted by Crippen LogP contribution is -2.40. The Bertz CT molecular complexity index is 376. The third kappa shape index (κ3) is 2.23. The lowest BCUT2D eigenvalue weighted by Gasteiger charge is -2.36. The number of nitrogens with two attached hydrogens (primary N) is 1. The topological polar surface area (TPSA) is 38.5 Å². The van der Waals surface area contributed by atoms with Crippen LogP contribution in [-0.4, -0.2) is 19.2 Å². The van der Waals surface area contributed by atoms with Gasteiger partial charge in [-0.1, -0.05) is 13.8 Å². The molecule has 3 heteroatoms. The number of anilines is 2. The van der Waals surface area contributed by atoms with Gasteiger partial charge in [-0.15, -0.1) is 0 Å². The fourth-order valence-electron chi connectivity index (χ4n) is 2.16. The number of hydrogen-bond acceptors (Lipinski definition) is 3. The predicted molar refractivity (Wildman–Crippen MR) is 68.0 cm³/mol. The molecule has 88 valence electrons. The van der Waals surface area contributed by atoms with Gasteiger partial charge in [0.15, 0.2) is 0 Å². The minimum absolute atomic E-state index is 0.245. The molecule has 3 nitrogen and oxygen atoms in total. The minimum Gasteiger partial charge on any atom is -0.487 e. The molecule has 2 N–H and O–H groups in total. The smallest absolute Gasteiger partial charge is 0.143 e. The Balaban J connectivity index is 2.31. The van der Waals surface area contributed by atoms with Gasteiger partial charge in [-0.25, -0.2) is 0 Å². The Morgan fingerprint density at radius 2 is 2.25 bits per heavy atom. The van der Waals surface area contributed by atoms with Crippen LogP contribution in [0.3, 0.4) is 0 Å². The average Bonchev–Trinajstić information content (AvgIpc) is 2.18. The molecule has 2 rings (SSSR count). The molecule has 0 saturated carbocycles. The lowest BCUT2D eigenvalue weighted by atomic mass is 10.1. The van der Waals surface area contributed by atoms with Crippen LogP contribution in [0.1, 0.15) is 20.8 Å². The Kier molecular flexibility index (Phi) is 2.95. The highest BCUT2D eigenvalue weighted by Gasteiger charge is 2.23. The molecule has 1 atom stereocenters. The van der Waals surface area contributed by atoms with Crippen molar-refractivity contribution in [1.29, 1.82) is 0 Å². The van der Waals surface area contributed by atoms with Crippen molar-refractivity contribution in [3.05, 3.63) is 18.2 Å². The van der Waals surface area contributed by atoms with Crippen molar-refractivity contribution in [3.8, 4) is 5.75 Å². The zero-order valence-electron chi connectivity index (χ0n) is 10.2. The highest BCUT2D eigenvalue weighted by Crippen LogP contribution is 2.35. The van der Waals surface area contributed by atoms with Crippen LogP contribution >= 0.6 is 0 Å². The van der Waals surface area contributed by atoms with Gasteiger partial charge in [-0.3, -0.25) is 0 Å². The molecule has 1 aromatic carbocycles. The third-order valence-electron chi connectivity index (χ3n) is 2.71. The first kappa shape index (κ1) is 11.1.